The first kappa shape index (κ1) is 14.9. The fourth-order valence-electron chi connectivity index (χ4n) is 4.22. The Kier molecular flexibility index (Phi) is 3.74. The largest absolute Gasteiger partial charge is 0.390 e. The van der Waals surface area contributed by atoms with Crippen LogP contribution in [0.4, 0.5) is 5.69 Å². The molecule has 2 saturated heterocycles. The number of hydrogen-bond donors (Lipinski definition) is 1. The van der Waals surface area contributed by atoms with Crippen molar-refractivity contribution >= 4 is 16.6 Å². The summed E-state index contributed by atoms with van der Waals surface area (Å²) in [5, 5.41) is 12.0. The summed E-state index contributed by atoms with van der Waals surface area (Å²) in [7, 11) is 0. The van der Waals surface area contributed by atoms with Gasteiger partial charge in [-0.2, -0.15) is 0 Å². The molecule has 3 atom stereocenters. The molecule has 0 aliphatic carbocycles. The van der Waals surface area contributed by atoms with Crippen molar-refractivity contribution in [1.82, 2.24) is 4.98 Å². The van der Waals surface area contributed by atoms with Gasteiger partial charge in [-0.1, -0.05) is 18.2 Å². The van der Waals surface area contributed by atoms with E-state index in [4.69, 9.17) is 4.74 Å². The lowest BCUT2D eigenvalue weighted by molar-refractivity contribution is -0.108. The van der Waals surface area contributed by atoms with Crippen LogP contribution in [-0.4, -0.2) is 41.5 Å². The summed E-state index contributed by atoms with van der Waals surface area (Å²) in [5.74, 6) is 0.158. The molecule has 23 heavy (non-hydrogen) atoms. The average Bonchev–Trinajstić information content (AvgIpc) is 3.03. The molecule has 0 bridgehead atoms. The normalized spacial score (nSPS) is 31.7. The van der Waals surface area contributed by atoms with Crippen LogP contribution in [0.2, 0.25) is 0 Å². The maximum Gasteiger partial charge on any atom is 0.0722 e. The molecular weight excluding hydrogens is 288 g/mol. The van der Waals surface area contributed by atoms with Crippen molar-refractivity contribution in [2.24, 2.45) is 5.92 Å². The second-order valence-electron chi connectivity index (χ2n) is 7.04. The highest BCUT2D eigenvalue weighted by Gasteiger charge is 2.44. The monoisotopic (exact) mass is 312 g/mol. The van der Waals surface area contributed by atoms with Gasteiger partial charge in [0, 0.05) is 42.4 Å². The van der Waals surface area contributed by atoms with E-state index < -0.39 is 5.60 Å². The topological polar surface area (TPSA) is 45.6 Å². The van der Waals surface area contributed by atoms with E-state index in [1.807, 2.05) is 19.2 Å². The Morgan fingerprint density at radius 3 is 3.04 bits per heavy atom. The van der Waals surface area contributed by atoms with Gasteiger partial charge in [0.05, 0.1) is 17.7 Å². The molecule has 2 fully saturated rings. The van der Waals surface area contributed by atoms with E-state index in [2.05, 4.69) is 34.1 Å². The summed E-state index contributed by atoms with van der Waals surface area (Å²) < 4.78 is 5.70. The van der Waals surface area contributed by atoms with Gasteiger partial charge in [0.1, 0.15) is 0 Å². The minimum atomic E-state index is -0.645. The van der Waals surface area contributed by atoms with Crippen LogP contribution in [0.1, 0.15) is 26.2 Å². The minimum absolute atomic E-state index is 0.158. The molecule has 4 nitrogen and oxygen atoms in total. The summed E-state index contributed by atoms with van der Waals surface area (Å²) in [4.78, 5) is 6.95. The lowest BCUT2D eigenvalue weighted by Crippen LogP contribution is -2.52. The third-order valence-corrected chi connectivity index (χ3v) is 5.55. The third-order valence-electron chi connectivity index (χ3n) is 5.55. The van der Waals surface area contributed by atoms with E-state index in [1.54, 1.807) is 0 Å². The van der Waals surface area contributed by atoms with Gasteiger partial charge >= 0.3 is 0 Å². The predicted molar refractivity (Wildman–Crippen MR) is 91.7 cm³/mol. The number of rotatable bonds is 2. The Morgan fingerprint density at radius 2 is 2.17 bits per heavy atom. The molecule has 4 rings (SSSR count). The van der Waals surface area contributed by atoms with Gasteiger partial charge in [0.2, 0.25) is 0 Å². The van der Waals surface area contributed by atoms with Crippen LogP contribution in [0.3, 0.4) is 0 Å². The van der Waals surface area contributed by atoms with E-state index in [0.717, 1.165) is 31.3 Å². The predicted octanol–water partition coefficient (Wildman–Crippen LogP) is 2.99. The SMILES string of the molecule is C[C@]1(O)CCOC[C@@H]1[C@H]1CCCN1c1ccnc2ccccc12. The first-order valence-electron chi connectivity index (χ1n) is 8.57. The first-order valence-corrected chi connectivity index (χ1v) is 8.57. The van der Waals surface area contributed by atoms with E-state index in [1.165, 1.54) is 11.1 Å². The lowest BCUT2D eigenvalue weighted by Gasteiger charge is -2.44. The number of para-hydroxylation sites is 1. The van der Waals surface area contributed by atoms with Crippen LogP contribution in [0.15, 0.2) is 36.5 Å². The Morgan fingerprint density at radius 1 is 1.30 bits per heavy atom. The summed E-state index contributed by atoms with van der Waals surface area (Å²) >= 11 is 0. The van der Waals surface area contributed by atoms with Gasteiger partial charge < -0.3 is 14.7 Å². The van der Waals surface area contributed by atoms with Crippen LogP contribution >= 0.6 is 0 Å². The first-order chi connectivity index (χ1) is 11.2. The maximum atomic E-state index is 10.9. The molecule has 4 heteroatoms. The fraction of sp³-hybridized carbons (Fsp3) is 0.526. The van der Waals surface area contributed by atoms with E-state index in [-0.39, 0.29) is 5.92 Å². The Hall–Kier alpha value is -1.65. The van der Waals surface area contributed by atoms with Gasteiger partial charge in [0.25, 0.3) is 0 Å². The molecule has 0 unspecified atom stereocenters. The van der Waals surface area contributed by atoms with E-state index >= 15 is 0 Å². The highest BCUT2D eigenvalue weighted by atomic mass is 16.5. The van der Waals surface area contributed by atoms with Gasteiger partial charge in [-0.3, -0.25) is 4.98 Å². The second kappa shape index (κ2) is 5.77. The summed E-state index contributed by atoms with van der Waals surface area (Å²) in [6.07, 6.45) is 4.89. The molecule has 122 valence electrons. The van der Waals surface area contributed by atoms with E-state index in [0.29, 0.717) is 19.3 Å². The smallest absolute Gasteiger partial charge is 0.0722 e. The Labute approximate surface area is 137 Å². The highest BCUT2D eigenvalue weighted by molar-refractivity contribution is 5.91. The summed E-state index contributed by atoms with van der Waals surface area (Å²) in [5.41, 5.74) is 1.62. The average molecular weight is 312 g/mol. The lowest BCUT2D eigenvalue weighted by atomic mass is 9.79. The maximum absolute atomic E-state index is 10.9. The van der Waals surface area contributed by atoms with Crippen molar-refractivity contribution in [3.8, 4) is 0 Å². The molecule has 2 aromatic rings. The number of benzene rings is 1. The van der Waals surface area contributed by atoms with E-state index in [9.17, 15) is 5.11 Å². The molecule has 3 heterocycles. The molecule has 0 amide bonds. The van der Waals surface area contributed by atoms with Gasteiger partial charge in [-0.05, 0) is 38.3 Å². The van der Waals surface area contributed by atoms with Gasteiger partial charge in [0.15, 0.2) is 0 Å². The quantitative estimate of drug-likeness (QED) is 0.926. The molecule has 1 N–H and O–H groups in total. The van der Waals surface area contributed by atoms with Crippen molar-refractivity contribution < 1.29 is 9.84 Å². The molecule has 0 radical (unpaired) electrons. The number of aliphatic hydroxyl groups is 1. The molecule has 2 aliphatic rings. The van der Waals surface area contributed by atoms with Crippen LogP contribution in [0, 0.1) is 5.92 Å². The van der Waals surface area contributed by atoms with Crippen molar-refractivity contribution in [1.29, 1.82) is 0 Å². The molecule has 0 saturated carbocycles. The molecular formula is C19H24N2O2. The number of ether oxygens (including phenoxy) is 1. The molecule has 1 aromatic carbocycles. The zero-order chi connectivity index (χ0) is 15.9. The molecule has 2 aliphatic heterocycles. The summed E-state index contributed by atoms with van der Waals surface area (Å²) in [6, 6.07) is 10.7. The minimum Gasteiger partial charge on any atom is -0.390 e. The van der Waals surface area contributed by atoms with Crippen molar-refractivity contribution in [2.75, 3.05) is 24.7 Å². The fourth-order valence-corrected chi connectivity index (χ4v) is 4.22. The van der Waals surface area contributed by atoms with Crippen molar-refractivity contribution in [3.05, 3.63) is 36.5 Å². The Bertz CT molecular complexity index is 695. The zero-order valence-corrected chi connectivity index (χ0v) is 13.6. The number of fused-ring (bicyclic) bond motifs is 1. The molecule has 0 spiro atoms. The highest BCUT2D eigenvalue weighted by Crippen LogP contribution is 2.39. The van der Waals surface area contributed by atoms with Gasteiger partial charge in [-0.25, -0.2) is 0 Å². The van der Waals surface area contributed by atoms with Crippen LogP contribution in [-0.2, 0) is 4.74 Å². The third kappa shape index (κ3) is 2.60. The van der Waals surface area contributed by atoms with Crippen LogP contribution in [0.5, 0.6) is 0 Å². The second-order valence-corrected chi connectivity index (χ2v) is 7.04. The number of pyridine rings is 1. The summed E-state index contributed by atoms with van der Waals surface area (Å²) in [6.45, 7) is 4.32. The van der Waals surface area contributed by atoms with Crippen LogP contribution < -0.4 is 4.90 Å². The van der Waals surface area contributed by atoms with Crippen LogP contribution in [0.25, 0.3) is 10.9 Å². The number of anilines is 1. The van der Waals surface area contributed by atoms with Gasteiger partial charge in [-0.15, -0.1) is 0 Å². The molecule has 1 aromatic heterocycles. The number of nitrogens with zero attached hydrogens (tertiary/aromatic N) is 2. The zero-order valence-electron chi connectivity index (χ0n) is 13.6. The van der Waals surface area contributed by atoms with Crippen molar-refractivity contribution in [3.63, 3.8) is 0 Å². The van der Waals surface area contributed by atoms with Crippen molar-refractivity contribution in [2.45, 2.75) is 37.8 Å². The Balaban J connectivity index is 1.72. The number of hydrogen-bond acceptors (Lipinski definition) is 4. The standard InChI is InChI=1S/C19H24N2O2/c1-19(22)9-12-23-13-15(19)18-7-4-11-21(18)17-8-10-20-16-6-3-2-5-14(16)17/h2-3,5-6,8,10,15,18,22H,4,7,9,11-13H2,1H3/t15-,18-,19+/m1/s1. The number of aromatic nitrogens is 1.